The van der Waals surface area contributed by atoms with Gasteiger partial charge in [0.05, 0.1) is 6.33 Å². The number of imidazole rings is 1. The van der Waals surface area contributed by atoms with Crippen molar-refractivity contribution in [2.75, 3.05) is 24.3 Å². The summed E-state index contributed by atoms with van der Waals surface area (Å²) >= 11 is 1.80. The molecule has 0 aromatic carbocycles. The molecule has 0 saturated heterocycles. The first-order valence-electron chi connectivity index (χ1n) is 5.74. The van der Waals surface area contributed by atoms with Crippen molar-refractivity contribution in [1.82, 2.24) is 14.3 Å². The first-order chi connectivity index (χ1) is 8.49. The Morgan fingerprint density at radius 1 is 1.44 bits per heavy atom. The van der Waals surface area contributed by atoms with E-state index in [9.17, 15) is 8.42 Å². The largest absolute Gasteiger partial charge is 0.381 e. The second-order valence-electron chi connectivity index (χ2n) is 4.00. The van der Waals surface area contributed by atoms with Gasteiger partial charge in [-0.1, -0.05) is 6.42 Å². The highest BCUT2D eigenvalue weighted by Gasteiger charge is 2.21. The molecule has 3 N–H and O–H groups in total. The standard InChI is InChI=1S/C10H20N4O2S2/c1-14-8-12-9(11)10(14)18(15,16)13-6-4-3-5-7-17-2/h8,13H,3-7,11H2,1-2H3. The number of nitrogens with one attached hydrogen (secondary N) is 1. The summed E-state index contributed by atoms with van der Waals surface area (Å²) in [6.07, 6.45) is 6.41. The molecule has 0 atom stereocenters. The van der Waals surface area contributed by atoms with Crippen LogP contribution in [0.1, 0.15) is 19.3 Å². The van der Waals surface area contributed by atoms with Crippen LogP contribution in [0, 0.1) is 0 Å². The number of hydrogen-bond acceptors (Lipinski definition) is 5. The molecule has 0 saturated carbocycles. The average molecular weight is 292 g/mol. The predicted octanol–water partition coefficient (Wildman–Crippen LogP) is 0.814. The minimum Gasteiger partial charge on any atom is -0.381 e. The van der Waals surface area contributed by atoms with Gasteiger partial charge in [-0.3, -0.25) is 0 Å². The summed E-state index contributed by atoms with van der Waals surface area (Å²) in [6.45, 7) is 0.432. The quantitative estimate of drug-likeness (QED) is 0.692. The molecule has 0 radical (unpaired) electrons. The first kappa shape index (κ1) is 15.3. The third-order valence-corrected chi connectivity index (χ3v) is 4.77. The number of nitrogens with zero attached hydrogens (tertiary/aromatic N) is 2. The summed E-state index contributed by atoms with van der Waals surface area (Å²) in [6, 6.07) is 0. The van der Waals surface area contributed by atoms with Crippen LogP contribution >= 0.6 is 11.8 Å². The number of aromatic nitrogens is 2. The third-order valence-electron chi connectivity index (χ3n) is 2.48. The lowest BCUT2D eigenvalue weighted by molar-refractivity contribution is 0.567. The van der Waals surface area contributed by atoms with E-state index < -0.39 is 10.0 Å². The van der Waals surface area contributed by atoms with Gasteiger partial charge in [0.15, 0.2) is 10.8 Å². The maximum Gasteiger partial charge on any atom is 0.260 e. The van der Waals surface area contributed by atoms with Gasteiger partial charge in [0, 0.05) is 13.6 Å². The molecular formula is C10H20N4O2S2. The molecule has 104 valence electrons. The third kappa shape index (κ3) is 4.18. The second kappa shape index (κ2) is 7.01. The second-order valence-corrected chi connectivity index (χ2v) is 6.66. The molecule has 0 aliphatic rings. The predicted molar refractivity (Wildman–Crippen MR) is 75.0 cm³/mol. The zero-order valence-corrected chi connectivity index (χ0v) is 12.4. The first-order valence-corrected chi connectivity index (χ1v) is 8.62. The van der Waals surface area contributed by atoms with Crippen molar-refractivity contribution in [3.05, 3.63) is 6.33 Å². The fourth-order valence-corrected chi connectivity index (χ4v) is 3.38. The molecule has 0 aliphatic heterocycles. The fraction of sp³-hybridized carbons (Fsp3) is 0.700. The van der Waals surface area contributed by atoms with E-state index in [0.717, 1.165) is 25.0 Å². The summed E-state index contributed by atoms with van der Waals surface area (Å²) in [5, 5.41) is 0.0339. The zero-order chi connectivity index (χ0) is 13.6. The normalized spacial score (nSPS) is 11.9. The number of nitrogen functional groups attached to an aromatic ring is 1. The van der Waals surface area contributed by atoms with Gasteiger partial charge in [0.2, 0.25) is 0 Å². The number of rotatable bonds is 8. The minimum atomic E-state index is -3.55. The van der Waals surface area contributed by atoms with Crippen LogP contribution in [0.3, 0.4) is 0 Å². The Labute approximate surface area is 112 Å². The zero-order valence-electron chi connectivity index (χ0n) is 10.7. The van der Waals surface area contributed by atoms with Gasteiger partial charge in [-0.2, -0.15) is 11.8 Å². The molecule has 1 aromatic heterocycles. The molecule has 8 heteroatoms. The van der Waals surface area contributed by atoms with E-state index in [4.69, 9.17) is 5.73 Å². The van der Waals surface area contributed by atoms with Gasteiger partial charge < -0.3 is 10.3 Å². The number of aryl methyl sites for hydroxylation is 1. The molecule has 18 heavy (non-hydrogen) atoms. The van der Waals surface area contributed by atoms with Gasteiger partial charge in [0.25, 0.3) is 10.0 Å². The molecule has 0 aliphatic carbocycles. The van der Waals surface area contributed by atoms with Gasteiger partial charge in [-0.05, 0) is 24.9 Å². The summed E-state index contributed by atoms with van der Waals surface area (Å²) in [5.74, 6) is 1.15. The Morgan fingerprint density at radius 2 is 2.17 bits per heavy atom. The van der Waals surface area contributed by atoms with Gasteiger partial charge >= 0.3 is 0 Å². The highest BCUT2D eigenvalue weighted by Crippen LogP contribution is 2.14. The lowest BCUT2D eigenvalue weighted by Gasteiger charge is -2.07. The Morgan fingerprint density at radius 3 is 2.72 bits per heavy atom. The Bertz CT molecular complexity index is 451. The van der Waals surface area contributed by atoms with Crippen molar-refractivity contribution < 1.29 is 8.42 Å². The van der Waals surface area contributed by atoms with Crippen molar-refractivity contribution in [1.29, 1.82) is 0 Å². The maximum atomic E-state index is 12.0. The van der Waals surface area contributed by atoms with Gasteiger partial charge in [0.1, 0.15) is 0 Å². The number of sulfonamides is 1. The van der Waals surface area contributed by atoms with Crippen LogP contribution in [-0.4, -0.2) is 36.5 Å². The van der Waals surface area contributed by atoms with Crippen LogP contribution in [0.15, 0.2) is 11.4 Å². The smallest absolute Gasteiger partial charge is 0.260 e. The van der Waals surface area contributed by atoms with E-state index in [1.54, 1.807) is 18.8 Å². The lowest BCUT2D eigenvalue weighted by atomic mass is 10.2. The van der Waals surface area contributed by atoms with Crippen molar-refractivity contribution >= 4 is 27.6 Å². The summed E-state index contributed by atoms with van der Waals surface area (Å²) in [7, 11) is -1.94. The fourth-order valence-electron chi connectivity index (χ4n) is 1.59. The molecule has 1 aromatic rings. The van der Waals surface area contributed by atoms with E-state index in [1.807, 2.05) is 0 Å². The number of unbranched alkanes of at least 4 members (excludes halogenated alkanes) is 2. The van der Waals surface area contributed by atoms with E-state index in [1.165, 1.54) is 10.9 Å². The van der Waals surface area contributed by atoms with Crippen molar-refractivity contribution in [3.8, 4) is 0 Å². The number of nitrogens with two attached hydrogens (primary N) is 1. The van der Waals surface area contributed by atoms with Crippen LogP contribution in [-0.2, 0) is 17.1 Å². The molecule has 1 rings (SSSR count). The molecule has 0 unspecified atom stereocenters. The number of hydrogen-bond donors (Lipinski definition) is 2. The molecule has 1 heterocycles. The highest BCUT2D eigenvalue weighted by molar-refractivity contribution is 7.98. The maximum absolute atomic E-state index is 12.0. The number of anilines is 1. The highest BCUT2D eigenvalue weighted by atomic mass is 32.2. The van der Waals surface area contributed by atoms with Crippen molar-refractivity contribution in [2.45, 2.75) is 24.3 Å². The van der Waals surface area contributed by atoms with Gasteiger partial charge in [-0.25, -0.2) is 18.1 Å². The topological polar surface area (TPSA) is 90.0 Å². The van der Waals surface area contributed by atoms with Crippen LogP contribution in [0.5, 0.6) is 0 Å². The summed E-state index contributed by atoms with van der Waals surface area (Å²) in [4.78, 5) is 3.77. The average Bonchev–Trinajstić information content (AvgIpc) is 2.64. The lowest BCUT2D eigenvalue weighted by Crippen LogP contribution is -2.27. The van der Waals surface area contributed by atoms with E-state index in [2.05, 4.69) is 16.0 Å². The Hall–Kier alpha value is -0.730. The van der Waals surface area contributed by atoms with Crippen LogP contribution < -0.4 is 10.5 Å². The minimum absolute atomic E-state index is 0.0339. The summed E-state index contributed by atoms with van der Waals surface area (Å²) < 4.78 is 27.9. The Balaban J connectivity index is 2.46. The SMILES string of the molecule is CSCCCCCNS(=O)(=O)c1c(N)ncn1C. The molecule has 0 fully saturated rings. The van der Waals surface area contributed by atoms with Crippen LogP contribution in [0.2, 0.25) is 0 Å². The summed E-state index contributed by atoms with van der Waals surface area (Å²) in [5.41, 5.74) is 5.54. The van der Waals surface area contributed by atoms with Gasteiger partial charge in [-0.15, -0.1) is 0 Å². The van der Waals surface area contributed by atoms with E-state index in [0.29, 0.717) is 6.54 Å². The van der Waals surface area contributed by atoms with Crippen molar-refractivity contribution in [2.24, 2.45) is 7.05 Å². The van der Waals surface area contributed by atoms with Crippen LogP contribution in [0.25, 0.3) is 0 Å². The van der Waals surface area contributed by atoms with E-state index >= 15 is 0 Å². The molecule has 0 bridgehead atoms. The monoisotopic (exact) mass is 292 g/mol. The number of thioether (sulfide) groups is 1. The van der Waals surface area contributed by atoms with Crippen LogP contribution in [0.4, 0.5) is 5.82 Å². The van der Waals surface area contributed by atoms with Crippen molar-refractivity contribution in [3.63, 3.8) is 0 Å². The molecule has 6 nitrogen and oxygen atoms in total. The molecule has 0 spiro atoms. The molecule has 0 amide bonds. The molecular weight excluding hydrogens is 272 g/mol. The Kier molecular flexibility index (Phi) is 5.97. The van der Waals surface area contributed by atoms with E-state index in [-0.39, 0.29) is 10.8 Å².